The van der Waals surface area contributed by atoms with Crippen molar-refractivity contribution in [1.82, 2.24) is 24.6 Å². The molecule has 4 rings (SSSR count). The van der Waals surface area contributed by atoms with Crippen LogP contribution in [0.4, 0.5) is 0 Å². The first kappa shape index (κ1) is 13.5. The summed E-state index contributed by atoms with van der Waals surface area (Å²) in [4.78, 5) is 22.3. The fourth-order valence-corrected chi connectivity index (χ4v) is 3.38. The van der Waals surface area contributed by atoms with Gasteiger partial charge in [-0.05, 0) is 38.5 Å². The number of likely N-dealkylation sites (tertiary alicyclic amines) is 1. The zero-order chi connectivity index (χ0) is 14.9. The van der Waals surface area contributed by atoms with Crippen LogP contribution in [0, 0.1) is 0 Å². The van der Waals surface area contributed by atoms with Gasteiger partial charge in [-0.2, -0.15) is 5.10 Å². The number of hydrogen-bond acceptors (Lipinski definition) is 3. The molecule has 1 amide bonds. The van der Waals surface area contributed by atoms with Crippen molar-refractivity contribution in [2.75, 3.05) is 6.54 Å². The third-order valence-corrected chi connectivity index (χ3v) is 4.90. The number of rotatable bonds is 3. The summed E-state index contributed by atoms with van der Waals surface area (Å²) >= 11 is 0. The average molecular weight is 299 g/mol. The lowest BCUT2D eigenvalue weighted by Crippen LogP contribution is -2.38. The Bertz CT molecular complexity index is 643. The van der Waals surface area contributed by atoms with Crippen molar-refractivity contribution in [3.63, 3.8) is 0 Å². The number of hydrogen-bond donors (Lipinski definition) is 1. The van der Waals surface area contributed by atoms with Crippen molar-refractivity contribution in [2.24, 2.45) is 0 Å². The van der Waals surface area contributed by atoms with E-state index in [2.05, 4.69) is 15.1 Å². The number of amides is 1. The third kappa shape index (κ3) is 2.32. The average Bonchev–Trinajstić information content (AvgIpc) is 3.16. The predicted octanol–water partition coefficient (Wildman–Crippen LogP) is 2.70. The normalized spacial score (nSPS) is 22.5. The van der Waals surface area contributed by atoms with Crippen LogP contribution in [0.5, 0.6) is 0 Å². The Labute approximate surface area is 129 Å². The van der Waals surface area contributed by atoms with Gasteiger partial charge in [0.25, 0.3) is 5.91 Å². The number of carbonyl (C=O) groups is 1. The summed E-state index contributed by atoms with van der Waals surface area (Å²) in [6.45, 7) is 0.790. The molecule has 1 aliphatic heterocycles. The minimum absolute atomic E-state index is 0.0586. The second-order valence-corrected chi connectivity index (χ2v) is 6.28. The molecule has 1 atom stereocenters. The van der Waals surface area contributed by atoms with Crippen molar-refractivity contribution in [3.05, 3.63) is 36.2 Å². The molecule has 2 aromatic heterocycles. The summed E-state index contributed by atoms with van der Waals surface area (Å²) in [7, 11) is 0. The Morgan fingerprint density at radius 2 is 2.14 bits per heavy atom. The molecule has 116 valence electrons. The smallest absolute Gasteiger partial charge is 0.257 e. The van der Waals surface area contributed by atoms with Crippen LogP contribution in [-0.4, -0.2) is 37.1 Å². The van der Waals surface area contributed by atoms with Crippen molar-refractivity contribution >= 4 is 5.91 Å². The number of aromatic amines is 1. The molecule has 1 N–H and O–H groups in total. The highest BCUT2D eigenvalue weighted by atomic mass is 16.2. The van der Waals surface area contributed by atoms with E-state index in [0.29, 0.717) is 11.6 Å². The maximum Gasteiger partial charge on any atom is 0.257 e. The third-order valence-electron chi connectivity index (χ3n) is 4.90. The lowest BCUT2D eigenvalue weighted by molar-refractivity contribution is 0.0600. The first-order valence-corrected chi connectivity index (χ1v) is 8.17. The van der Waals surface area contributed by atoms with E-state index in [1.165, 1.54) is 19.3 Å². The first-order valence-electron chi connectivity index (χ1n) is 8.17. The standard InChI is InChI=1S/C16H21N5O/c22-16(12-10-19-21(11-12)13-4-3-5-13)20-9-2-1-6-14(20)15-17-7-8-18-15/h7-8,10-11,13-14H,1-6,9H2,(H,17,18). The molecule has 0 aromatic carbocycles. The van der Waals surface area contributed by atoms with Gasteiger partial charge in [0.15, 0.2) is 0 Å². The van der Waals surface area contributed by atoms with Crippen molar-refractivity contribution < 1.29 is 4.79 Å². The molecular weight excluding hydrogens is 278 g/mol. The van der Waals surface area contributed by atoms with E-state index in [0.717, 1.165) is 31.6 Å². The molecule has 0 spiro atoms. The Morgan fingerprint density at radius 1 is 1.23 bits per heavy atom. The highest BCUT2D eigenvalue weighted by Crippen LogP contribution is 2.32. The van der Waals surface area contributed by atoms with Gasteiger partial charge in [0.1, 0.15) is 5.82 Å². The summed E-state index contributed by atoms with van der Waals surface area (Å²) in [5.41, 5.74) is 0.699. The summed E-state index contributed by atoms with van der Waals surface area (Å²) in [6.07, 6.45) is 14.0. The Morgan fingerprint density at radius 3 is 2.86 bits per heavy atom. The van der Waals surface area contributed by atoms with Crippen molar-refractivity contribution in [1.29, 1.82) is 0 Å². The maximum atomic E-state index is 12.9. The zero-order valence-electron chi connectivity index (χ0n) is 12.6. The van der Waals surface area contributed by atoms with Gasteiger partial charge >= 0.3 is 0 Å². The van der Waals surface area contributed by atoms with Gasteiger partial charge in [0, 0.05) is 25.1 Å². The van der Waals surface area contributed by atoms with Gasteiger partial charge < -0.3 is 9.88 Å². The van der Waals surface area contributed by atoms with Crippen LogP contribution in [0.15, 0.2) is 24.8 Å². The molecule has 0 bridgehead atoms. The number of aromatic nitrogens is 4. The minimum Gasteiger partial charge on any atom is -0.347 e. The van der Waals surface area contributed by atoms with Crippen molar-refractivity contribution in [2.45, 2.75) is 50.6 Å². The van der Waals surface area contributed by atoms with Crippen LogP contribution in [0.25, 0.3) is 0 Å². The van der Waals surface area contributed by atoms with Gasteiger partial charge in [-0.1, -0.05) is 0 Å². The van der Waals surface area contributed by atoms with Crippen molar-refractivity contribution in [3.8, 4) is 0 Å². The van der Waals surface area contributed by atoms with E-state index in [1.54, 1.807) is 12.4 Å². The van der Waals surface area contributed by atoms with Crippen LogP contribution >= 0.6 is 0 Å². The molecular formula is C16H21N5O. The molecule has 1 saturated carbocycles. The predicted molar refractivity (Wildman–Crippen MR) is 81.3 cm³/mol. The van der Waals surface area contributed by atoms with Gasteiger partial charge in [-0.15, -0.1) is 0 Å². The fourth-order valence-electron chi connectivity index (χ4n) is 3.38. The highest BCUT2D eigenvalue weighted by Gasteiger charge is 2.31. The molecule has 22 heavy (non-hydrogen) atoms. The summed E-state index contributed by atoms with van der Waals surface area (Å²) in [5.74, 6) is 0.964. The zero-order valence-corrected chi connectivity index (χ0v) is 12.6. The van der Waals surface area contributed by atoms with E-state index in [-0.39, 0.29) is 11.9 Å². The number of imidazole rings is 1. The second-order valence-electron chi connectivity index (χ2n) is 6.28. The van der Waals surface area contributed by atoms with Gasteiger partial charge in [-0.25, -0.2) is 4.98 Å². The molecule has 3 heterocycles. The molecule has 6 heteroatoms. The molecule has 2 fully saturated rings. The van der Waals surface area contributed by atoms with E-state index >= 15 is 0 Å². The van der Waals surface area contributed by atoms with Crippen LogP contribution in [0.1, 0.15) is 66.8 Å². The molecule has 2 aliphatic rings. The largest absolute Gasteiger partial charge is 0.347 e. The van der Waals surface area contributed by atoms with Crippen LogP contribution in [-0.2, 0) is 0 Å². The molecule has 1 saturated heterocycles. The quantitative estimate of drug-likeness (QED) is 0.947. The van der Waals surface area contributed by atoms with E-state index in [9.17, 15) is 4.79 Å². The number of carbonyl (C=O) groups excluding carboxylic acids is 1. The van der Waals surface area contributed by atoms with E-state index < -0.39 is 0 Å². The van der Waals surface area contributed by atoms with Crippen LogP contribution < -0.4 is 0 Å². The summed E-state index contributed by atoms with van der Waals surface area (Å²) < 4.78 is 1.96. The number of piperidine rings is 1. The second kappa shape index (κ2) is 5.59. The van der Waals surface area contributed by atoms with E-state index in [4.69, 9.17) is 0 Å². The lowest BCUT2D eigenvalue weighted by atomic mass is 9.93. The Hall–Kier alpha value is -2.11. The monoisotopic (exact) mass is 299 g/mol. The van der Waals surface area contributed by atoms with Gasteiger partial charge in [0.2, 0.25) is 0 Å². The number of H-pyrrole nitrogens is 1. The Kier molecular flexibility index (Phi) is 3.44. The van der Waals surface area contributed by atoms with E-state index in [1.807, 2.05) is 22.0 Å². The Balaban J connectivity index is 1.55. The fraction of sp³-hybridized carbons (Fsp3) is 0.562. The molecule has 2 aromatic rings. The molecule has 0 radical (unpaired) electrons. The molecule has 1 aliphatic carbocycles. The number of nitrogens with one attached hydrogen (secondary N) is 1. The first-order chi connectivity index (χ1) is 10.8. The summed E-state index contributed by atoms with van der Waals surface area (Å²) in [5, 5.41) is 4.39. The molecule has 1 unspecified atom stereocenters. The van der Waals surface area contributed by atoms with Crippen LogP contribution in [0.3, 0.4) is 0 Å². The summed E-state index contributed by atoms with van der Waals surface area (Å²) in [6, 6.07) is 0.548. The topological polar surface area (TPSA) is 66.8 Å². The van der Waals surface area contributed by atoms with Gasteiger partial charge in [-0.3, -0.25) is 9.48 Å². The van der Waals surface area contributed by atoms with Crippen LogP contribution in [0.2, 0.25) is 0 Å². The minimum atomic E-state index is 0.0586. The van der Waals surface area contributed by atoms with Gasteiger partial charge in [0.05, 0.1) is 23.8 Å². The lowest BCUT2D eigenvalue weighted by Gasteiger charge is -2.34. The highest BCUT2D eigenvalue weighted by molar-refractivity contribution is 5.94. The molecule has 6 nitrogen and oxygen atoms in total. The SMILES string of the molecule is O=C(c1cnn(C2CCC2)c1)N1CCCCC1c1ncc[nH]1. The maximum absolute atomic E-state index is 12.9. The number of nitrogens with zero attached hydrogens (tertiary/aromatic N) is 4.